The minimum absolute atomic E-state index is 0.603. The van der Waals surface area contributed by atoms with Crippen LogP contribution in [-0.4, -0.2) is 19.9 Å². The van der Waals surface area contributed by atoms with Crippen molar-refractivity contribution in [3.8, 4) is 78.8 Å². The van der Waals surface area contributed by atoms with Crippen LogP contribution in [0.5, 0.6) is 0 Å². The predicted octanol–water partition coefficient (Wildman–Crippen LogP) is 10.9. The van der Waals surface area contributed by atoms with Gasteiger partial charge in [-0.3, -0.25) is 4.98 Å². The van der Waals surface area contributed by atoms with E-state index in [1.165, 1.54) is 16.7 Å². The molecule has 0 bridgehead atoms. The van der Waals surface area contributed by atoms with E-state index in [1.807, 2.05) is 85.1 Å². The molecule has 2 heterocycles. The molecular weight excluding hydrogens is 585 g/mol. The number of hydrogen-bond donors (Lipinski definition) is 0. The SMILES string of the molecule is c1ccc(-c2nc(-c3ccccc3)nc(-c3cc(-c4ccc(-c5ccccc5)c(-c5ccccc5)c4)cc(-c4ccccn4)c3)n2)cc1. The summed E-state index contributed by atoms with van der Waals surface area (Å²) in [6, 6.07) is 60.5. The average molecular weight is 615 g/mol. The van der Waals surface area contributed by atoms with Crippen LogP contribution in [0.4, 0.5) is 0 Å². The molecule has 0 saturated heterocycles. The Kier molecular flexibility index (Phi) is 7.87. The van der Waals surface area contributed by atoms with E-state index in [4.69, 9.17) is 19.9 Å². The quantitative estimate of drug-likeness (QED) is 0.179. The molecule has 8 aromatic rings. The molecule has 0 unspecified atom stereocenters. The molecule has 0 atom stereocenters. The second-order valence-electron chi connectivity index (χ2n) is 11.5. The van der Waals surface area contributed by atoms with E-state index in [1.54, 1.807) is 0 Å². The third kappa shape index (κ3) is 6.03. The van der Waals surface area contributed by atoms with Crippen LogP contribution >= 0.6 is 0 Å². The fraction of sp³-hybridized carbons (Fsp3) is 0. The van der Waals surface area contributed by atoms with E-state index in [-0.39, 0.29) is 0 Å². The largest absolute Gasteiger partial charge is 0.256 e. The van der Waals surface area contributed by atoms with Gasteiger partial charge in [0.2, 0.25) is 0 Å². The Labute approximate surface area is 280 Å². The van der Waals surface area contributed by atoms with E-state index in [0.29, 0.717) is 17.5 Å². The van der Waals surface area contributed by atoms with Crippen LogP contribution in [0, 0.1) is 0 Å². The van der Waals surface area contributed by atoms with Crippen molar-refractivity contribution in [3.63, 3.8) is 0 Å². The smallest absolute Gasteiger partial charge is 0.164 e. The maximum atomic E-state index is 5.05. The summed E-state index contributed by atoms with van der Waals surface area (Å²) in [5, 5.41) is 0. The van der Waals surface area contributed by atoms with Gasteiger partial charge < -0.3 is 0 Å². The average Bonchev–Trinajstić information content (AvgIpc) is 3.19. The Morgan fingerprint density at radius 2 is 0.729 bits per heavy atom. The lowest BCUT2D eigenvalue weighted by Crippen LogP contribution is -2.00. The Hall–Kier alpha value is -6.52. The highest BCUT2D eigenvalue weighted by molar-refractivity contribution is 5.88. The van der Waals surface area contributed by atoms with Gasteiger partial charge in [-0.25, -0.2) is 15.0 Å². The highest BCUT2D eigenvalue weighted by Gasteiger charge is 2.16. The monoisotopic (exact) mass is 614 g/mol. The van der Waals surface area contributed by atoms with Crippen molar-refractivity contribution in [1.29, 1.82) is 0 Å². The fourth-order valence-corrected chi connectivity index (χ4v) is 5.99. The molecule has 0 N–H and O–H groups in total. The summed E-state index contributed by atoms with van der Waals surface area (Å²) in [6.45, 7) is 0. The molecule has 8 rings (SSSR count). The van der Waals surface area contributed by atoms with Gasteiger partial charge in [0.25, 0.3) is 0 Å². The molecular formula is C44H30N4. The molecule has 2 aromatic heterocycles. The lowest BCUT2D eigenvalue weighted by atomic mass is 9.90. The number of nitrogens with zero attached hydrogens (tertiary/aromatic N) is 4. The summed E-state index contributed by atoms with van der Waals surface area (Å²) < 4.78 is 0. The molecule has 4 heteroatoms. The molecule has 0 radical (unpaired) electrons. The summed E-state index contributed by atoms with van der Waals surface area (Å²) in [7, 11) is 0. The summed E-state index contributed by atoms with van der Waals surface area (Å²) in [6.07, 6.45) is 1.83. The molecule has 0 fully saturated rings. The molecule has 4 nitrogen and oxygen atoms in total. The normalized spacial score (nSPS) is 10.9. The fourth-order valence-electron chi connectivity index (χ4n) is 5.99. The van der Waals surface area contributed by atoms with E-state index < -0.39 is 0 Å². The minimum atomic E-state index is 0.603. The summed E-state index contributed by atoms with van der Waals surface area (Å²) in [5.74, 6) is 1.86. The Bertz CT molecular complexity index is 2250. The first-order valence-electron chi connectivity index (χ1n) is 16.0. The van der Waals surface area contributed by atoms with Crippen LogP contribution in [0.1, 0.15) is 0 Å². The van der Waals surface area contributed by atoms with Crippen molar-refractivity contribution >= 4 is 0 Å². The van der Waals surface area contributed by atoms with Crippen molar-refractivity contribution < 1.29 is 0 Å². The maximum Gasteiger partial charge on any atom is 0.164 e. The van der Waals surface area contributed by atoms with Crippen LogP contribution in [-0.2, 0) is 0 Å². The van der Waals surface area contributed by atoms with Crippen molar-refractivity contribution in [1.82, 2.24) is 19.9 Å². The first kappa shape index (κ1) is 28.9. The number of pyridine rings is 1. The van der Waals surface area contributed by atoms with Crippen molar-refractivity contribution in [2.24, 2.45) is 0 Å². The van der Waals surface area contributed by atoms with Crippen LogP contribution < -0.4 is 0 Å². The zero-order chi connectivity index (χ0) is 32.1. The topological polar surface area (TPSA) is 51.6 Å². The summed E-state index contributed by atoms with van der Waals surface area (Å²) >= 11 is 0. The van der Waals surface area contributed by atoms with Crippen molar-refractivity contribution in [2.75, 3.05) is 0 Å². The standard InChI is InChI=1S/C44H30N4/c1-5-15-31(16-6-1)39-25-24-35(30-40(39)32-17-7-2-8-18-32)36-27-37(41-23-13-14-26-45-41)29-38(28-36)44-47-42(33-19-9-3-10-20-33)46-43(48-44)34-21-11-4-12-22-34/h1-30H. The Balaban J connectivity index is 1.34. The van der Waals surface area contributed by atoms with Crippen molar-refractivity contribution in [2.45, 2.75) is 0 Å². The third-order valence-corrected chi connectivity index (χ3v) is 8.37. The lowest BCUT2D eigenvalue weighted by Gasteiger charge is -2.15. The molecule has 0 aliphatic carbocycles. The molecule has 0 saturated carbocycles. The van der Waals surface area contributed by atoms with Gasteiger partial charge in [0.1, 0.15) is 0 Å². The molecule has 0 aliphatic heterocycles. The van der Waals surface area contributed by atoms with E-state index >= 15 is 0 Å². The number of hydrogen-bond acceptors (Lipinski definition) is 4. The highest BCUT2D eigenvalue weighted by atomic mass is 15.0. The first-order valence-corrected chi connectivity index (χ1v) is 16.0. The summed E-state index contributed by atoms with van der Waals surface area (Å²) in [5.41, 5.74) is 11.5. The Morgan fingerprint density at radius 1 is 0.271 bits per heavy atom. The second-order valence-corrected chi connectivity index (χ2v) is 11.5. The van der Waals surface area contributed by atoms with Gasteiger partial charge in [-0.2, -0.15) is 0 Å². The van der Waals surface area contributed by atoms with E-state index in [0.717, 1.165) is 44.6 Å². The van der Waals surface area contributed by atoms with Gasteiger partial charge in [0, 0.05) is 28.5 Å². The zero-order valence-corrected chi connectivity index (χ0v) is 26.1. The highest BCUT2D eigenvalue weighted by Crippen LogP contribution is 2.38. The molecule has 226 valence electrons. The van der Waals surface area contributed by atoms with Crippen molar-refractivity contribution in [3.05, 3.63) is 182 Å². The predicted molar refractivity (Wildman–Crippen MR) is 196 cm³/mol. The van der Waals surface area contributed by atoms with Crippen LogP contribution in [0.3, 0.4) is 0 Å². The van der Waals surface area contributed by atoms with Gasteiger partial charge in [-0.15, -0.1) is 0 Å². The van der Waals surface area contributed by atoms with Crippen LogP contribution in [0.2, 0.25) is 0 Å². The molecule has 0 spiro atoms. The summed E-state index contributed by atoms with van der Waals surface area (Å²) in [4.78, 5) is 19.7. The van der Waals surface area contributed by atoms with E-state index in [2.05, 4.69) is 97.1 Å². The van der Waals surface area contributed by atoms with Gasteiger partial charge in [-0.05, 0) is 69.8 Å². The van der Waals surface area contributed by atoms with Gasteiger partial charge >= 0.3 is 0 Å². The van der Waals surface area contributed by atoms with Gasteiger partial charge in [0.15, 0.2) is 17.5 Å². The number of rotatable bonds is 7. The van der Waals surface area contributed by atoms with Crippen LogP contribution in [0.25, 0.3) is 78.8 Å². The van der Waals surface area contributed by atoms with Gasteiger partial charge in [0.05, 0.1) is 5.69 Å². The van der Waals surface area contributed by atoms with Crippen LogP contribution in [0.15, 0.2) is 182 Å². The lowest BCUT2D eigenvalue weighted by molar-refractivity contribution is 1.07. The number of aromatic nitrogens is 4. The molecule has 48 heavy (non-hydrogen) atoms. The third-order valence-electron chi connectivity index (χ3n) is 8.37. The molecule has 0 aliphatic rings. The van der Waals surface area contributed by atoms with E-state index in [9.17, 15) is 0 Å². The first-order chi connectivity index (χ1) is 23.8. The Morgan fingerprint density at radius 3 is 1.27 bits per heavy atom. The zero-order valence-electron chi connectivity index (χ0n) is 26.1. The molecule has 0 amide bonds. The molecule has 6 aromatic carbocycles. The second kappa shape index (κ2) is 13.1. The minimum Gasteiger partial charge on any atom is -0.256 e. The maximum absolute atomic E-state index is 5.05. The number of benzene rings is 6. The van der Waals surface area contributed by atoms with Gasteiger partial charge in [-0.1, -0.05) is 140 Å².